The van der Waals surface area contributed by atoms with E-state index >= 15 is 0 Å². The van der Waals surface area contributed by atoms with Gasteiger partial charge in [0.15, 0.2) is 0 Å². The van der Waals surface area contributed by atoms with Crippen LogP contribution < -0.4 is 10.1 Å². The van der Waals surface area contributed by atoms with Crippen molar-refractivity contribution in [1.82, 2.24) is 9.97 Å². The van der Waals surface area contributed by atoms with Crippen molar-refractivity contribution in [2.75, 3.05) is 5.32 Å². The van der Waals surface area contributed by atoms with E-state index in [2.05, 4.69) is 15.3 Å². The van der Waals surface area contributed by atoms with Crippen molar-refractivity contribution in [2.24, 2.45) is 0 Å². The molecule has 0 bridgehead atoms. The first kappa shape index (κ1) is 21.4. The maximum atomic E-state index is 12.5. The number of nitrogens with zero attached hydrogens (tertiary/aromatic N) is 2. The van der Waals surface area contributed by atoms with Gasteiger partial charge in [-0.05, 0) is 54.1 Å². The minimum Gasteiger partial charge on any atom is -0.486 e. The molecule has 3 aromatic carbocycles. The molecule has 1 amide bonds. The molecule has 0 saturated carbocycles. The zero-order valence-corrected chi connectivity index (χ0v) is 18.1. The largest absolute Gasteiger partial charge is 0.486 e. The van der Waals surface area contributed by atoms with Crippen molar-refractivity contribution in [2.45, 2.75) is 6.61 Å². The lowest BCUT2D eigenvalue weighted by Gasteiger charge is -2.07. The third kappa shape index (κ3) is 5.09. The van der Waals surface area contributed by atoms with Crippen LogP contribution in [0, 0.1) is 11.3 Å². The summed E-state index contributed by atoms with van der Waals surface area (Å²) in [6.45, 7) is 0.288. The van der Waals surface area contributed by atoms with Gasteiger partial charge < -0.3 is 15.0 Å². The zero-order chi connectivity index (χ0) is 22.5. The molecular formula is C24H16Cl2N4O2. The summed E-state index contributed by atoms with van der Waals surface area (Å²) in [7, 11) is 0. The van der Waals surface area contributed by atoms with E-state index in [0.717, 1.165) is 16.9 Å². The first-order valence-electron chi connectivity index (χ1n) is 9.56. The number of para-hydroxylation sites is 2. The number of imidazole rings is 1. The molecule has 158 valence electrons. The van der Waals surface area contributed by atoms with E-state index in [9.17, 15) is 10.1 Å². The Bertz CT molecular complexity index is 1320. The van der Waals surface area contributed by atoms with E-state index in [0.29, 0.717) is 27.0 Å². The molecular weight excluding hydrogens is 447 g/mol. The number of anilines is 1. The van der Waals surface area contributed by atoms with Gasteiger partial charge in [0.1, 0.15) is 29.8 Å². The third-order valence-electron chi connectivity index (χ3n) is 4.55. The summed E-state index contributed by atoms with van der Waals surface area (Å²) in [5.74, 6) is 0.774. The Labute approximate surface area is 194 Å². The number of fused-ring (bicyclic) bond motifs is 1. The Morgan fingerprint density at radius 1 is 1.12 bits per heavy atom. The normalized spacial score (nSPS) is 11.2. The summed E-state index contributed by atoms with van der Waals surface area (Å²) in [4.78, 5) is 20.2. The van der Waals surface area contributed by atoms with Gasteiger partial charge in [0.2, 0.25) is 0 Å². The number of rotatable bonds is 6. The second-order valence-electron chi connectivity index (χ2n) is 6.81. The third-order valence-corrected chi connectivity index (χ3v) is 5.11. The second kappa shape index (κ2) is 9.56. The summed E-state index contributed by atoms with van der Waals surface area (Å²) in [5, 5.41) is 12.8. The van der Waals surface area contributed by atoms with Crippen molar-refractivity contribution >= 4 is 51.9 Å². The number of aromatic nitrogens is 2. The van der Waals surface area contributed by atoms with Gasteiger partial charge in [-0.1, -0.05) is 47.5 Å². The van der Waals surface area contributed by atoms with Gasteiger partial charge in [0, 0.05) is 5.02 Å². The summed E-state index contributed by atoms with van der Waals surface area (Å²) >= 11 is 12.0. The first-order valence-corrected chi connectivity index (χ1v) is 10.3. The van der Waals surface area contributed by atoms with Gasteiger partial charge in [-0.2, -0.15) is 5.26 Å². The Morgan fingerprint density at radius 3 is 2.66 bits per heavy atom. The number of H-pyrrole nitrogens is 1. The van der Waals surface area contributed by atoms with Crippen LogP contribution >= 0.6 is 23.2 Å². The maximum absolute atomic E-state index is 12.5. The van der Waals surface area contributed by atoms with Gasteiger partial charge in [0.05, 0.1) is 21.7 Å². The standard InChI is InChI=1S/C24H16Cl2N4O2/c25-17-7-10-19(26)22(12-17)30-24(31)16(13-27)11-15-5-8-18(9-6-15)32-14-23-28-20-3-1-2-4-21(20)29-23/h1-12H,14H2,(H,28,29)(H,30,31)/b16-11-. The molecule has 32 heavy (non-hydrogen) atoms. The summed E-state index contributed by atoms with van der Waals surface area (Å²) in [6.07, 6.45) is 1.48. The van der Waals surface area contributed by atoms with E-state index in [4.69, 9.17) is 27.9 Å². The van der Waals surface area contributed by atoms with Crippen LogP contribution in [0.3, 0.4) is 0 Å². The lowest BCUT2D eigenvalue weighted by atomic mass is 10.1. The van der Waals surface area contributed by atoms with Gasteiger partial charge >= 0.3 is 0 Å². The molecule has 0 unspecified atom stereocenters. The van der Waals surface area contributed by atoms with Gasteiger partial charge in [-0.15, -0.1) is 0 Å². The highest BCUT2D eigenvalue weighted by Gasteiger charge is 2.12. The Morgan fingerprint density at radius 2 is 1.91 bits per heavy atom. The number of nitrogens with one attached hydrogen (secondary N) is 2. The van der Waals surface area contributed by atoms with E-state index < -0.39 is 5.91 Å². The Hall–Kier alpha value is -3.79. The molecule has 6 nitrogen and oxygen atoms in total. The topological polar surface area (TPSA) is 90.8 Å². The van der Waals surface area contributed by atoms with Crippen LogP contribution in [-0.4, -0.2) is 15.9 Å². The molecule has 0 spiro atoms. The average Bonchev–Trinajstić information content (AvgIpc) is 3.22. The number of benzene rings is 3. The first-order chi connectivity index (χ1) is 15.5. The predicted molar refractivity (Wildman–Crippen MR) is 126 cm³/mol. The van der Waals surface area contributed by atoms with Crippen molar-refractivity contribution in [3.05, 3.63) is 93.7 Å². The Balaban J connectivity index is 1.42. The maximum Gasteiger partial charge on any atom is 0.266 e. The van der Waals surface area contributed by atoms with E-state index in [1.165, 1.54) is 12.1 Å². The van der Waals surface area contributed by atoms with E-state index in [1.54, 1.807) is 36.4 Å². The number of ether oxygens (including phenoxy) is 1. The molecule has 0 aliphatic carbocycles. The minimum atomic E-state index is -0.582. The van der Waals surface area contributed by atoms with Crippen LogP contribution in [0.25, 0.3) is 17.1 Å². The number of hydrogen-bond donors (Lipinski definition) is 2. The quantitative estimate of drug-likeness (QED) is 0.271. The highest BCUT2D eigenvalue weighted by atomic mass is 35.5. The molecule has 0 radical (unpaired) electrons. The number of aromatic amines is 1. The van der Waals surface area contributed by atoms with Crippen molar-refractivity contribution in [3.63, 3.8) is 0 Å². The molecule has 2 N–H and O–H groups in total. The van der Waals surface area contributed by atoms with Crippen LogP contribution in [0.15, 0.2) is 72.3 Å². The number of halogens is 2. The fourth-order valence-electron chi connectivity index (χ4n) is 2.98. The van der Waals surface area contributed by atoms with Crippen LogP contribution in [-0.2, 0) is 11.4 Å². The summed E-state index contributed by atoms with van der Waals surface area (Å²) in [5.41, 5.74) is 2.77. The van der Waals surface area contributed by atoms with Crippen molar-refractivity contribution in [1.29, 1.82) is 5.26 Å². The van der Waals surface area contributed by atoms with Crippen LogP contribution in [0.4, 0.5) is 5.69 Å². The Kier molecular flexibility index (Phi) is 6.41. The van der Waals surface area contributed by atoms with E-state index in [-0.39, 0.29) is 12.2 Å². The molecule has 0 aliphatic heterocycles. The fourth-order valence-corrected chi connectivity index (χ4v) is 3.32. The smallest absolute Gasteiger partial charge is 0.266 e. The zero-order valence-electron chi connectivity index (χ0n) is 16.6. The summed E-state index contributed by atoms with van der Waals surface area (Å²) < 4.78 is 5.77. The molecule has 1 aromatic heterocycles. The number of amides is 1. The number of nitriles is 1. The SMILES string of the molecule is N#C/C(=C/c1ccc(OCc2nc3ccccc3[nH]2)cc1)C(=O)Nc1cc(Cl)ccc1Cl. The van der Waals surface area contributed by atoms with E-state index in [1.807, 2.05) is 30.3 Å². The molecule has 8 heteroatoms. The monoisotopic (exact) mass is 462 g/mol. The average molecular weight is 463 g/mol. The number of carbonyl (C=O) groups is 1. The molecule has 4 aromatic rings. The molecule has 1 heterocycles. The predicted octanol–water partition coefficient (Wildman–Crippen LogP) is 5.99. The molecule has 0 fully saturated rings. The van der Waals surface area contributed by atoms with Crippen LogP contribution in [0.1, 0.15) is 11.4 Å². The minimum absolute atomic E-state index is 0.0722. The van der Waals surface area contributed by atoms with Crippen LogP contribution in [0.2, 0.25) is 10.0 Å². The lowest BCUT2D eigenvalue weighted by molar-refractivity contribution is -0.112. The van der Waals surface area contributed by atoms with Crippen molar-refractivity contribution in [3.8, 4) is 11.8 Å². The molecule has 4 rings (SSSR count). The number of hydrogen-bond acceptors (Lipinski definition) is 4. The van der Waals surface area contributed by atoms with Gasteiger partial charge in [-0.25, -0.2) is 4.98 Å². The van der Waals surface area contributed by atoms with Crippen molar-refractivity contribution < 1.29 is 9.53 Å². The molecule has 0 aliphatic rings. The second-order valence-corrected chi connectivity index (χ2v) is 7.65. The highest BCUT2D eigenvalue weighted by molar-refractivity contribution is 6.36. The summed E-state index contributed by atoms with van der Waals surface area (Å²) in [6, 6.07) is 21.4. The van der Waals surface area contributed by atoms with Crippen LogP contribution in [0.5, 0.6) is 5.75 Å². The van der Waals surface area contributed by atoms with Gasteiger partial charge in [0.25, 0.3) is 5.91 Å². The lowest BCUT2D eigenvalue weighted by Crippen LogP contribution is -2.13. The highest BCUT2D eigenvalue weighted by Crippen LogP contribution is 2.26. The fraction of sp³-hybridized carbons (Fsp3) is 0.0417. The molecule has 0 saturated heterocycles. The number of carbonyl (C=O) groups excluding carboxylic acids is 1. The van der Waals surface area contributed by atoms with Gasteiger partial charge in [-0.3, -0.25) is 4.79 Å². The molecule has 0 atom stereocenters.